The molecule has 0 aliphatic rings. The molecule has 0 saturated heterocycles. The molecule has 1 amide bonds. The number of phenolic OH excluding ortho intramolecular Hbond substituents is 1. The van der Waals surface area contributed by atoms with E-state index in [4.69, 9.17) is 4.43 Å². The molecule has 6 heteroatoms. The van der Waals surface area contributed by atoms with Crippen LogP contribution in [0.15, 0.2) is 24.3 Å². The van der Waals surface area contributed by atoms with Crippen molar-refractivity contribution in [3.05, 3.63) is 29.8 Å². The molecule has 0 spiro atoms. The summed E-state index contributed by atoms with van der Waals surface area (Å²) in [5.74, 6) is -0.525. The van der Waals surface area contributed by atoms with Gasteiger partial charge in [0.15, 0.2) is 0 Å². The van der Waals surface area contributed by atoms with Gasteiger partial charge in [0.1, 0.15) is 11.8 Å². The Morgan fingerprint density at radius 3 is 2.25 bits per heavy atom. The molecule has 0 heterocycles. The third-order valence-electron chi connectivity index (χ3n) is 2.44. The van der Waals surface area contributed by atoms with Gasteiger partial charge in [-0.05, 0) is 37.3 Å². The van der Waals surface area contributed by atoms with Crippen molar-refractivity contribution < 1.29 is 19.1 Å². The lowest BCUT2D eigenvalue weighted by Crippen LogP contribution is -2.45. The molecule has 0 aliphatic carbocycles. The van der Waals surface area contributed by atoms with Gasteiger partial charge in [0.25, 0.3) is 0 Å². The van der Waals surface area contributed by atoms with E-state index >= 15 is 0 Å². The van der Waals surface area contributed by atoms with Gasteiger partial charge in [-0.3, -0.25) is 9.59 Å². The summed E-state index contributed by atoms with van der Waals surface area (Å²) in [4.78, 5) is 23.3. The van der Waals surface area contributed by atoms with Gasteiger partial charge in [0, 0.05) is 13.3 Å². The predicted octanol–water partition coefficient (Wildman–Crippen LogP) is 1.82. The van der Waals surface area contributed by atoms with E-state index in [1.165, 1.54) is 6.92 Å². The van der Waals surface area contributed by atoms with Crippen LogP contribution >= 0.6 is 0 Å². The van der Waals surface area contributed by atoms with Crippen molar-refractivity contribution in [1.82, 2.24) is 5.32 Å². The van der Waals surface area contributed by atoms with E-state index in [0.717, 1.165) is 5.56 Å². The molecular formula is C14H21NO4Si. The van der Waals surface area contributed by atoms with Gasteiger partial charge in [-0.2, -0.15) is 0 Å². The molecule has 1 rings (SSSR count). The predicted molar refractivity (Wildman–Crippen MR) is 78.9 cm³/mol. The molecule has 0 radical (unpaired) electrons. The van der Waals surface area contributed by atoms with Crippen LogP contribution in [0.5, 0.6) is 5.75 Å². The van der Waals surface area contributed by atoms with E-state index in [0.29, 0.717) is 6.42 Å². The second-order valence-corrected chi connectivity index (χ2v) is 10.1. The third kappa shape index (κ3) is 5.88. The summed E-state index contributed by atoms with van der Waals surface area (Å²) in [6.45, 7) is 7.11. The molecule has 0 aliphatic heterocycles. The highest BCUT2D eigenvalue weighted by Gasteiger charge is 2.27. The number of hydrogen-bond donors (Lipinski definition) is 2. The molecule has 1 unspecified atom stereocenters. The zero-order valence-corrected chi connectivity index (χ0v) is 13.3. The summed E-state index contributed by atoms with van der Waals surface area (Å²) >= 11 is 0. The number of rotatable bonds is 5. The van der Waals surface area contributed by atoms with E-state index in [2.05, 4.69) is 5.32 Å². The molecule has 1 aromatic carbocycles. The van der Waals surface area contributed by atoms with E-state index in [1.54, 1.807) is 24.3 Å². The van der Waals surface area contributed by atoms with Gasteiger partial charge in [0.05, 0.1) is 0 Å². The number of phenols is 1. The molecule has 5 nitrogen and oxygen atoms in total. The fourth-order valence-electron chi connectivity index (χ4n) is 1.68. The quantitative estimate of drug-likeness (QED) is 0.812. The zero-order valence-electron chi connectivity index (χ0n) is 12.3. The van der Waals surface area contributed by atoms with Crippen molar-refractivity contribution in [2.24, 2.45) is 0 Å². The van der Waals surface area contributed by atoms with Crippen molar-refractivity contribution in [3.8, 4) is 5.75 Å². The minimum atomic E-state index is -2.00. The van der Waals surface area contributed by atoms with Crippen LogP contribution < -0.4 is 5.32 Å². The van der Waals surface area contributed by atoms with Crippen molar-refractivity contribution in [2.45, 2.75) is 39.0 Å². The molecule has 1 atom stereocenters. The van der Waals surface area contributed by atoms with Gasteiger partial charge < -0.3 is 14.8 Å². The Morgan fingerprint density at radius 1 is 1.25 bits per heavy atom. The van der Waals surface area contributed by atoms with Gasteiger partial charge >= 0.3 is 5.97 Å². The molecule has 20 heavy (non-hydrogen) atoms. The maximum Gasteiger partial charge on any atom is 0.315 e. The second-order valence-electron chi connectivity index (χ2n) is 5.66. The molecule has 0 bridgehead atoms. The molecule has 1 aromatic rings. The van der Waals surface area contributed by atoms with E-state index in [1.807, 2.05) is 19.6 Å². The van der Waals surface area contributed by atoms with Crippen LogP contribution in [0.3, 0.4) is 0 Å². The lowest BCUT2D eigenvalue weighted by Gasteiger charge is -2.23. The monoisotopic (exact) mass is 295 g/mol. The smallest absolute Gasteiger partial charge is 0.315 e. The number of carbonyl (C=O) groups excluding carboxylic acids is 2. The average Bonchev–Trinajstić information content (AvgIpc) is 2.28. The van der Waals surface area contributed by atoms with Crippen LogP contribution in [0.4, 0.5) is 0 Å². The third-order valence-corrected chi connectivity index (χ3v) is 3.26. The Labute approximate surface area is 120 Å². The first-order chi connectivity index (χ1) is 9.17. The van der Waals surface area contributed by atoms with Gasteiger partial charge in [-0.15, -0.1) is 0 Å². The highest BCUT2D eigenvalue weighted by molar-refractivity contribution is 6.71. The largest absolute Gasteiger partial charge is 0.518 e. The average molecular weight is 295 g/mol. The van der Waals surface area contributed by atoms with Gasteiger partial charge in [-0.1, -0.05) is 12.1 Å². The Balaban J connectivity index is 2.81. The number of hydrogen-bond acceptors (Lipinski definition) is 4. The van der Waals surface area contributed by atoms with Gasteiger partial charge in [-0.25, -0.2) is 0 Å². The van der Waals surface area contributed by atoms with Crippen molar-refractivity contribution in [2.75, 3.05) is 0 Å². The highest BCUT2D eigenvalue weighted by Crippen LogP contribution is 2.13. The maximum atomic E-state index is 12.1. The van der Waals surface area contributed by atoms with Crippen LogP contribution in [-0.4, -0.2) is 31.3 Å². The topological polar surface area (TPSA) is 75.6 Å². The lowest BCUT2D eigenvalue weighted by atomic mass is 10.1. The van der Waals surface area contributed by atoms with Gasteiger partial charge in [0.2, 0.25) is 14.2 Å². The summed E-state index contributed by atoms with van der Waals surface area (Å²) < 4.78 is 5.43. The van der Waals surface area contributed by atoms with Crippen LogP contribution in [0.2, 0.25) is 19.6 Å². The standard InChI is InChI=1S/C14H21NO4Si/c1-10(16)15-13(14(18)19-20(2,3)4)9-11-5-7-12(17)8-6-11/h5-8,13,17H,9H2,1-4H3,(H,15,16). The van der Waals surface area contributed by atoms with E-state index in [-0.39, 0.29) is 11.7 Å². The highest BCUT2D eigenvalue weighted by atomic mass is 28.4. The summed E-state index contributed by atoms with van der Waals surface area (Å²) in [6, 6.07) is 5.81. The van der Waals surface area contributed by atoms with Crippen molar-refractivity contribution in [3.63, 3.8) is 0 Å². The minimum Gasteiger partial charge on any atom is -0.518 e. The summed E-state index contributed by atoms with van der Waals surface area (Å²) in [5, 5.41) is 11.9. The number of nitrogens with one attached hydrogen (secondary N) is 1. The molecular weight excluding hydrogens is 274 g/mol. The van der Waals surface area contributed by atoms with E-state index < -0.39 is 20.3 Å². The lowest BCUT2D eigenvalue weighted by molar-refractivity contribution is -0.139. The number of carbonyl (C=O) groups is 2. The minimum absolute atomic E-state index is 0.162. The molecule has 0 fully saturated rings. The second kappa shape index (κ2) is 6.56. The zero-order chi connectivity index (χ0) is 15.3. The molecule has 0 aromatic heterocycles. The SMILES string of the molecule is CC(=O)NC(Cc1ccc(O)cc1)C(=O)O[Si](C)(C)C. The number of amides is 1. The Bertz CT molecular complexity index is 479. The fourth-order valence-corrected chi connectivity index (χ4v) is 2.43. The van der Waals surface area contributed by atoms with Crippen LogP contribution in [0, 0.1) is 0 Å². The van der Waals surface area contributed by atoms with Crippen LogP contribution in [-0.2, 0) is 20.4 Å². The first-order valence-corrected chi connectivity index (χ1v) is 9.86. The van der Waals surface area contributed by atoms with Crippen molar-refractivity contribution in [1.29, 1.82) is 0 Å². The first-order valence-electron chi connectivity index (χ1n) is 6.45. The Hall–Kier alpha value is -1.82. The molecule has 0 saturated carbocycles. The maximum absolute atomic E-state index is 12.1. The first kappa shape index (κ1) is 16.2. The Morgan fingerprint density at radius 2 is 1.80 bits per heavy atom. The summed E-state index contributed by atoms with van der Waals surface area (Å²) in [6.07, 6.45) is 0.336. The molecule has 2 N–H and O–H groups in total. The fraction of sp³-hybridized carbons (Fsp3) is 0.429. The van der Waals surface area contributed by atoms with Crippen LogP contribution in [0.25, 0.3) is 0 Å². The summed E-state index contributed by atoms with van der Waals surface area (Å²) in [7, 11) is -2.00. The van der Waals surface area contributed by atoms with Crippen molar-refractivity contribution >= 4 is 20.2 Å². The normalized spacial score (nSPS) is 12.6. The van der Waals surface area contributed by atoms with Crippen LogP contribution in [0.1, 0.15) is 12.5 Å². The number of aromatic hydroxyl groups is 1. The van der Waals surface area contributed by atoms with E-state index in [9.17, 15) is 14.7 Å². The molecule has 110 valence electrons. The number of benzene rings is 1. The Kier molecular flexibility index (Phi) is 5.32. The summed E-state index contributed by atoms with van der Waals surface area (Å²) in [5.41, 5.74) is 0.842.